The molecule has 0 radical (unpaired) electrons. The number of ether oxygens (including phenoxy) is 3. The minimum absolute atomic E-state index is 0.997. The molecular formula is C6H11F3O3. The summed E-state index contributed by atoms with van der Waals surface area (Å²) >= 11 is 0. The Labute approximate surface area is 68.4 Å². The molecule has 74 valence electrons. The van der Waals surface area contributed by atoms with Crippen LogP contribution in [0.3, 0.4) is 0 Å². The third kappa shape index (κ3) is 3.89. The van der Waals surface area contributed by atoms with Gasteiger partial charge in [0.15, 0.2) is 6.29 Å². The second-order valence-corrected chi connectivity index (χ2v) is 1.89. The third-order valence-corrected chi connectivity index (χ3v) is 1.11. The predicted molar refractivity (Wildman–Crippen MR) is 34.7 cm³/mol. The molecule has 0 aliphatic heterocycles. The van der Waals surface area contributed by atoms with Gasteiger partial charge in [-0.2, -0.15) is 0 Å². The molecule has 0 bridgehead atoms. The van der Waals surface area contributed by atoms with E-state index in [0.717, 1.165) is 14.2 Å². The molecule has 12 heavy (non-hydrogen) atoms. The molecule has 0 fully saturated rings. The van der Waals surface area contributed by atoms with Gasteiger partial charge in [-0.25, -0.2) is 13.2 Å². The highest BCUT2D eigenvalue weighted by molar-refractivity contribution is 4.48. The summed E-state index contributed by atoms with van der Waals surface area (Å²) in [6, 6.07) is 0. The molecule has 0 saturated carbocycles. The lowest BCUT2D eigenvalue weighted by Gasteiger charge is -2.19. The van der Waals surface area contributed by atoms with Crippen molar-refractivity contribution in [3.8, 4) is 0 Å². The molecular weight excluding hydrogens is 177 g/mol. The van der Waals surface area contributed by atoms with Crippen LogP contribution in [-0.4, -0.2) is 39.9 Å². The maximum atomic E-state index is 11.9. The summed E-state index contributed by atoms with van der Waals surface area (Å²) < 4.78 is 48.7. The Morgan fingerprint density at radius 3 is 2.00 bits per heavy atom. The molecule has 6 heteroatoms. The lowest BCUT2D eigenvalue weighted by molar-refractivity contribution is -0.269. The fraction of sp³-hybridized carbons (Fsp3) is 1.00. The lowest BCUT2D eigenvalue weighted by Crippen LogP contribution is -2.31. The van der Waals surface area contributed by atoms with Gasteiger partial charge in [0.1, 0.15) is 6.67 Å². The van der Waals surface area contributed by atoms with Gasteiger partial charge in [0.05, 0.1) is 0 Å². The number of hydrogen-bond donors (Lipinski definition) is 0. The molecule has 0 aromatic carbocycles. The standard InChI is InChI=1S/C6H11F3O3/c1-10-4(3-7)12-6(11-2)5(8)9/h4-6H,3H2,1-2H3. The summed E-state index contributed by atoms with van der Waals surface area (Å²) in [4.78, 5) is 0. The summed E-state index contributed by atoms with van der Waals surface area (Å²) in [6.45, 7) is -0.997. The number of methoxy groups -OCH3 is 2. The van der Waals surface area contributed by atoms with E-state index >= 15 is 0 Å². The molecule has 0 saturated heterocycles. The fourth-order valence-electron chi connectivity index (χ4n) is 0.522. The van der Waals surface area contributed by atoms with Crippen molar-refractivity contribution in [2.45, 2.75) is 19.0 Å². The second-order valence-electron chi connectivity index (χ2n) is 1.89. The van der Waals surface area contributed by atoms with E-state index < -0.39 is 25.7 Å². The minimum atomic E-state index is -2.82. The zero-order valence-corrected chi connectivity index (χ0v) is 6.80. The first-order valence-electron chi connectivity index (χ1n) is 3.20. The Morgan fingerprint density at radius 1 is 1.17 bits per heavy atom. The normalized spacial score (nSPS) is 16.5. The maximum absolute atomic E-state index is 11.9. The van der Waals surface area contributed by atoms with Gasteiger partial charge in [0, 0.05) is 14.2 Å². The first kappa shape index (κ1) is 11.7. The summed E-state index contributed by atoms with van der Waals surface area (Å²) in [5, 5.41) is 0. The molecule has 0 aromatic heterocycles. The Kier molecular flexibility index (Phi) is 6.04. The lowest BCUT2D eigenvalue weighted by atomic mass is 10.6. The van der Waals surface area contributed by atoms with E-state index in [1.807, 2.05) is 0 Å². The van der Waals surface area contributed by atoms with Crippen LogP contribution in [0.25, 0.3) is 0 Å². The summed E-state index contributed by atoms with van der Waals surface area (Å²) in [5.41, 5.74) is 0. The molecule has 0 amide bonds. The minimum Gasteiger partial charge on any atom is -0.353 e. The molecule has 2 unspecified atom stereocenters. The summed E-state index contributed by atoms with van der Waals surface area (Å²) in [5.74, 6) is 0. The number of rotatable bonds is 6. The molecule has 0 heterocycles. The van der Waals surface area contributed by atoms with Crippen molar-refractivity contribution in [1.82, 2.24) is 0 Å². The van der Waals surface area contributed by atoms with Crippen molar-refractivity contribution in [3.05, 3.63) is 0 Å². The molecule has 2 atom stereocenters. The highest BCUT2D eigenvalue weighted by atomic mass is 19.3. The SMILES string of the molecule is COC(CF)OC(OC)C(F)F. The van der Waals surface area contributed by atoms with Crippen LogP contribution in [0.2, 0.25) is 0 Å². The van der Waals surface area contributed by atoms with Gasteiger partial charge in [-0.3, -0.25) is 0 Å². The van der Waals surface area contributed by atoms with Gasteiger partial charge in [0.25, 0.3) is 6.43 Å². The highest BCUT2D eigenvalue weighted by Gasteiger charge is 2.24. The van der Waals surface area contributed by atoms with Gasteiger partial charge < -0.3 is 14.2 Å². The average Bonchev–Trinajstić information content (AvgIpc) is 2.06. The topological polar surface area (TPSA) is 27.7 Å². The average molecular weight is 188 g/mol. The summed E-state index contributed by atoms with van der Waals surface area (Å²) in [7, 11) is 2.20. The quantitative estimate of drug-likeness (QED) is 0.586. The molecule has 0 aromatic rings. The zero-order chi connectivity index (χ0) is 9.56. The third-order valence-electron chi connectivity index (χ3n) is 1.11. The van der Waals surface area contributed by atoms with Crippen LogP contribution >= 0.6 is 0 Å². The van der Waals surface area contributed by atoms with Crippen molar-refractivity contribution >= 4 is 0 Å². The summed E-state index contributed by atoms with van der Waals surface area (Å²) in [6.07, 6.45) is -5.87. The molecule has 3 nitrogen and oxygen atoms in total. The van der Waals surface area contributed by atoms with Gasteiger partial charge in [-0.05, 0) is 0 Å². The van der Waals surface area contributed by atoms with Crippen molar-refractivity contribution in [2.75, 3.05) is 20.9 Å². The van der Waals surface area contributed by atoms with Crippen molar-refractivity contribution < 1.29 is 27.4 Å². The highest BCUT2D eigenvalue weighted by Crippen LogP contribution is 2.09. The van der Waals surface area contributed by atoms with Gasteiger partial charge in [-0.1, -0.05) is 0 Å². The van der Waals surface area contributed by atoms with E-state index in [1.165, 1.54) is 0 Å². The van der Waals surface area contributed by atoms with Crippen LogP contribution in [0.15, 0.2) is 0 Å². The Morgan fingerprint density at radius 2 is 1.75 bits per heavy atom. The van der Waals surface area contributed by atoms with E-state index in [4.69, 9.17) is 0 Å². The maximum Gasteiger partial charge on any atom is 0.288 e. The van der Waals surface area contributed by atoms with Crippen molar-refractivity contribution in [3.63, 3.8) is 0 Å². The van der Waals surface area contributed by atoms with Crippen LogP contribution in [0.1, 0.15) is 0 Å². The number of alkyl halides is 3. The second kappa shape index (κ2) is 6.22. The van der Waals surface area contributed by atoms with Crippen LogP contribution in [0, 0.1) is 0 Å². The van der Waals surface area contributed by atoms with Crippen LogP contribution in [0.4, 0.5) is 13.2 Å². The predicted octanol–water partition coefficient (Wildman–Crippen LogP) is 1.18. The Hall–Kier alpha value is -0.330. The van der Waals surface area contributed by atoms with E-state index in [1.54, 1.807) is 0 Å². The first-order valence-corrected chi connectivity index (χ1v) is 3.20. The largest absolute Gasteiger partial charge is 0.353 e. The molecule has 0 aliphatic carbocycles. The van der Waals surface area contributed by atoms with E-state index in [0.29, 0.717) is 0 Å². The van der Waals surface area contributed by atoms with Crippen molar-refractivity contribution in [1.29, 1.82) is 0 Å². The molecule has 0 rings (SSSR count). The van der Waals surface area contributed by atoms with E-state index in [-0.39, 0.29) is 0 Å². The van der Waals surface area contributed by atoms with Crippen LogP contribution in [-0.2, 0) is 14.2 Å². The monoisotopic (exact) mass is 188 g/mol. The van der Waals surface area contributed by atoms with E-state index in [2.05, 4.69) is 14.2 Å². The number of halogens is 3. The van der Waals surface area contributed by atoms with Crippen molar-refractivity contribution in [2.24, 2.45) is 0 Å². The smallest absolute Gasteiger partial charge is 0.288 e. The molecule has 0 aliphatic rings. The van der Waals surface area contributed by atoms with E-state index in [9.17, 15) is 13.2 Å². The first-order chi connectivity index (χ1) is 5.65. The Bertz CT molecular complexity index is 108. The van der Waals surface area contributed by atoms with Gasteiger partial charge >= 0.3 is 0 Å². The Balaban J connectivity index is 3.82. The van der Waals surface area contributed by atoms with Crippen LogP contribution < -0.4 is 0 Å². The number of hydrogen-bond acceptors (Lipinski definition) is 3. The molecule has 0 spiro atoms. The van der Waals surface area contributed by atoms with Gasteiger partial charge in [-0.15, -0.1) is 0 Å². The molecule has 0 N–H and O–H groups in total. The van der Waals surface area contributed by atoms with Crippen LogP contribution in [0.5, 0.6) is 0 Å². The fourth-order valence-corrected chi connectivity index (χ4v) is 0.522. The van der Waals surface area contributed by atoms with Gasteiger partial charge in [0.2, 0.25) is 6.29 Å². The zero-order valence-electron chi connectivity index (χ0n) is 6.80.